The van der Waals surface area contributed by atoms with Gasteiger partial charge in [-0.1, -0.05) is 46.3 Å². The minimum Gasteiger partial charge on any atom is -0.465 e. The first-order chi connectivity index (χ1) is 16.9. The molecule has 0 saturated carbocycles. The van der Waals surface area contributed by atoms with Gasteiger partial charge < -0.3 is 19.9 Å². The molecule has 1 atom stereocenters. The number of methoxy groups -OCH3 is 1. The second kappa shape index (κ2) is 11.5. The number of esters is 1. The van der Waals surface area contributed by atoms with Crippen LogP contribution in [0.2, 0.25) is 0 Å². The molecule has 0 amide bonds. The van der Waals surface area contributed by atoms with Gasteiger partial charge in [0.1, 0.15) is 15.7 Å². The number of thiophene rings is 1. The Kier molecular flexibility index (Phi) is 8.41. The van der Waals surface area contributed by atoms with E-state index in [9.17, 15) is 9.36 Å². The molecule has 2 aromatic carbocycles. The number of rotatable bonds is 7. The number of halogens is 1. The van der Waals surface area contributed by atoms with E-state index in [1.165, 1.54) is 18.4 Å². The summed E-state index contributed by atoms with van der Waals surface area (Å²) in [5.41, 5.74) is 1.57. The van der Waals surface area contributed by atoms with Crippen LogP contribution < -0.4 is 15.7 Å². The van der Waals surface area contributed by atoms with Crippen molar-refractivity contribution in [3.05, 3.63) is 75.6 Å². The van der Waals surface area contributed by atoms with Gasteiger partial charge in [0.15, 0.2) is 0 Å². The van der Waals surface area contributed by atoms with Crippen molar-refractivity contribution in [3.8, 4) is 0 Å². The highest BCUT2D eigenvalue weighted by Crippen LogP contribution is 2.52. The number of hydrogen-bond donors (Lipinski definition) is 2. The Hall–Kier alpha value is -2.49. The van der Waals surface area contributed by atoms with Crippen LogP contribution in [0.25, 0.3) is 0 Å². The summed E-state index contributed by atoms with van der Waals surface area (Å²) in [6.45, 7) is 1.90. The number of anilines is 2. The maximum atomic E-state index is 14.9. The van der Waals surface area contributed by atoms with Crippen molar-refractivity contribution in [1.29, 1.82) is 0 Å². The van der Waals surface area contributed by atoms with E-state index in [1.54, 1.807) is 13.1 Å². The van der Waals surface area contributed by atoms with E-state index in [0.29, 0.717) is 53.0 Å². The summed E-state index contributed by atoms with van der Waals surface area (Å²) < 4.78 is 28.2. The van der Waals surface area contributed by atoms with Gasteiger partial charge in [-0.2, -0.15) is 0 Å². The monoisotopic (exact) mass is 576 g/mol. The number of carbonyl (C=O) groups is 1. The molecule has 0 spiro atoms. The number of nitrogens with zero attached hydrogens (tertiary/aromatic N) is 2. The molecule has 11 heteroatoms. The molecule has 1 aliphatic heterocycles. The maximum Gasteiger partial charge on any atom is 0.348 e. The highest BCUT2D eigenvalue weighted by molar-refractivity contribution is 9.10. The molecule has 1 fully saturated rings. The quantitative estimate of drug-likeness (QED) is 0.176. The van der Waals surface area contributed by atoms with Crippen molar-refractivity contribution in [2.75, 3.05) is 50.9 Å². The fourth-order valence-corrected chi connectivity index (χ4v) is 7.84. The molecule has 35 heavy (non-hydrogen) atoms. The lowest BCUT2D eigenvalue weighted by molar-refractivity contribution is 0.0606. The Labute approximate surface area is 217 Å². The molecule has 1 aromatic heterocycles. The molecular weight excluding hydrogens is 551 g/mol. The molecule has 4 rings (SSSR count). The van der Waals surface area contributed by atoms with Crippen LogP contribution >= 0.6 is 34.7 Å². The fraction of sp³-hybridized carbons (Fsp3) is 0.250. The van der Waals surface area contributed by atoms with Crippen LogP contribution in [-0.4, -0.2) is 56.9 Å². The van der Waals surface area contributed by atoms with E-state index in [0.717, 1.165) is 10.0 Å². The Morgan fingerprint density at radius 2 is 1.83 bits per heavy atom. The Morgan fingerprint density at radius 1 is 1.14 bits per heavy atom. The normalized spacial score (nSPS) is 16.4. The van der Waals surface area contributed by atoms with Gasteiger partial charge in [-0.3, -0.25) is 9.56 Å². The molecule has 184 valence electrons. The van der Waals surface area contributed by atoms with Crippen LogP contribution in [0.4, 0.5) is 10.7 Å². The molecule has 1 unspecified atom stereocenters. The first-order valence-electron chi connectivity index (χ1n) is 10.9. The summed E-state index contributed by atoms with van der Waals surface area (Å²) in [7, 11) is -0.418. The van der Waals surface area contributed by atoms with Crippen molar-refractivity contribution in [1.82, 2.24) is 4.67 Å². The standard InChI is InChI=1S/C24H26BrN4O4PS/c1-26-22(17-6-4-3-5-7-17)27-23-20(16-21(35-23)24(30)32-2)34(31,29-12-14-33-15-13-29)28-19-10-8-18(25)9-11-19/h3-11,16H,12-15H2,1-2H3,(H,26,27)(H,28,31). The minimum absolute atomic E-state index is 0.347. The third-order valence-corrected chi connectivity index (χ3v) is 9.91. The van der Waals surface area contributed by atoms with Gasteiger partial charge in [0.25, 0.3) is 7.44 Å². The van der Waals surface area contributed by atoms with E-state index in [4.69, 9.17) is 9.47 Å². The minimum atomic E-state index is -3.44. The maximum absolute atomic E-state index is 14.9. The molecule has 2 N–H and O–H groups in total. The number of morpholine rings is 1. The van der Waals surface area contributed by atoms with Crippen molar-refractivity contribution in [3.63, 3.8) is 0 Å². The molecule has 8 nitrogen and oxygen atoms in total. The largest absolute Gasteiger partial charge is 0.465 e. The summed E-state index contributed by atoms with van der Waals surface area (Å²) in [6.07, 6.45) is 0. The van der Waals surface area contributed by atoms with Crippen LogP contribution in [0.15, 0.2) is 70.1 Å². The van der Waals surface area contributed by atoms with Crippen LogP contribution in [0.1, 0.15) is 15.2 Å². The SMILES string of the molecule is CN=C(Nc1sc(C(=O)OC)cc1P(=O)(Nc1ccc(Br)cc1)N1CCOCC1)c1ccccc1. The lowest BCUT2D eigenvalue weighted by Crippen LogP contribution is -2.39. The number of aliphatic imine (C=N–C) groups is 1. The van der Waals surface area contributed by atoms with Gasteiger partial charge in [0, 0.05) is 35.9 Å². The zero-order valence-electron chi connectivity index (χ0n) is 19.4. The highest BCUT2D eigenvalue weighted by Gasteiger charge is 2.38. The summed E-state index contributed by atoms with van der Waals surface area (Å²) in [5.74, 6) is 0.110. The Balaban J connectivity index is 1.81. The summed E-state index contributed by atoms with van der Waals surface area (Å²) in [4.78, 5) is 17.2. The third-order valence-electron chi connectivity index (χ3n) is 5.44. The van der Waals surface area contributed by atoms with Gasteiger partial charge in [-0.25, -0.2) is 9.46 Å². The lowest BCUT2D eigenvalue weighted by Gasteiger charge is -2.35. The molecule has 1 saturated heterocycles. The Bertz CT molecular complexity index is 1240. The van der Waals surface area contributed by atoms with Crippen molar-refractivity contribution in [2.45, 2.75) is 0 Å². The lowest BCUT2D eigenvalue weighted by atomic mass is 10.2. The molecule has 1 aliphatic rings. The second-order valence-corrected chi connectivity index (χ2v) is 12.0. The molecule has 0 radical (unpaired) electrons. The van der Waals surface area contributed by atoms with E-state index >= 15 is 0 Å². The smallest absolute Gasteiger partial charge is 0.348 e. The first kappa shape index (κ1) is 25.6. The van der Waals surface area contributed by atoms with Crippen LogP contribution in [0, 0.1) is 0 Å². The first-order valence-corrected chi connectivity index (χ1v) is 14.2. The van der Waals surface area contributed by atoms with Crippen molar-refractivity contribution < 1.29 is 18.8 Å². The van der Waals surface area contributed by atoms with E-state index in [2.05, 4.69) is 31.3 Å². The van der Waals surface area contributed by atoms with Gasteiger partial charge in [-0.15, -0.1) is 11.3 Å². The van der Waals surface area contributed by atoms with Gasteiger partial charge in [0.05, 0.1) is 25.6 Å². The highest BCUT2D eigenvalue weighted by atomic mass is 79.9. The number of benzene rings is 2. The second-order valence-electron chi connectivity index (χ2n) is 7.64. The Morgan fingerprint density at radius 3 is 2.46 bits per heavy atom. The summed E-state index contributed by atoms with van der Waals surface area (Å²) in [6, 6.07) is 18.8. The van der Waals surface area contributed by atoms with Crippen LogP contribution in [0.3, 0.4) is 0 Å². The fourth-order valence-electron chi connectivity index (χ4n) is 3.68. The topological polar surface area (TPSA) is 92.3 Å². The summed E-state index contributed by atoms with van der Waals surface area (Å²) >= 11 is 4.64. The molecular formula is C24H26BrN4O4PS. The number of carbonyl (C=O) groups excluding carboxylic acids is 1. The zero-order valence-corrected chi connectivity index (χ0v) is 22.7. The van der Waals surface area contributed by atoms with E-state index in [-0.39, 0.29) is 0 Å². The van der Waals surface area contributed by atoms with E-state index in [1.807, 2.05) is 59.3 Å². The van der Waals surface area contributed by atoms with Gasteiger partial charge >= 0.3 is 5.97 Å². The van der Waals surface area contributed by atoms with Gasteiger partial charge in [0.2, 0.25) is 0 Å². The average Bonchev–Trinajstić information content (AvgIpc) is 3.33. The molecule has 2 heterocycles. The van der Waals surface area contributed by atoms with Crippen molar-refractivity contribution >= 4 is 62.5 Å². The molecule has 3 aromatic rings. The van der Waals surface area contributed by atoms with Gasteiger partial charge in [-0.05, 0) is 30.3 Å². The average molecular weight is 577 g/mol. The number of amidine groups is 1. The zero-order chi connectivity index (χ0) is 24.8. The number of hydrogen-bond acceptors (Lipinski definition) is 6. The molecule has 0 bridgehead atoms. The predicted molar refractivity (Wildman–Crippen MR) is 146 cm³/mol. The van der Waals surface area contributed by atoms with Crippen molar-refractivity contribution in [2.24, 2.45) is 4.99 Å². The predicted octanol–water partition coefficient (Wildman–Crippen LogP) is 5.05. The van der Waals surface area contributed by atoms with Crippen LogP contribution in [0.5, 0.6) is 0 Å². The molecule has 0 aliphatic carbocycles. The van der Waals surface area contributed by atoms with E-state index < -0.39 is 13.4 Å². The number of nitrogens with one attached hydrogen (secondary N) is 2. The summed E-state index contributed by atoms with van der Waals surface area (Å²) in [5, 5.41) is 7.68. The van der Waals surface area contributed by atoms with Crippen LogP contribution in [-0.2, 0) is 14.0 Å². The number of ether oxygens (including phenoxy) is 2. The third kappa shape index (κ3) is 5.85.